The van der Waals surface area contributed by atoms with Gasteiger partial charge in [-0.3, -0.25) is 0 Å². The summed E-state index contributed by atoms with van der Waals surface area (Å²) in [5.41, 5.74) is 2.12. The molecule has 0 saturated heterocycles. The number of aromatic nitrogens is 2. The third-order valence-electron chi connectivity index (χ3n) is 2.62. The zero-order chi connectivity index (χ0) is 13.0. The lowest BCUT2D eigenvalue weighted by Crippen LogP contribution is -2.06. The van der Waals surface area contributed by atoms with Gasteiger partial charge in [-0.15, -0.1) is 11.3 Å². The summed E-state index contributed by atoms with van der Waals surface area (Å²) in [7, 11) is 0. The molecule has 2 rings (SSSR count). The minimum absolute atomic E-state index is 0.763. The average molecular weight is 282 g/mol. The fourth-order valence-corrected chi connectivity index (χ4v) is 3.05. The lowest BCUT2D eigenvalue weighted by molar-refractivity contribution is 0.903. The SMILES string of the molecule is CCCc1c(NCC)ncnc1-c1sccc1Cl. The van der Waals surface area contributed by atoms with Crippen LogP contribution in [0.3, 0.4) is 0 Å². The summed E-state index contributed by atoms with van der Waals surface area (Å²) in [4.78, 5) is 9.77. The summed E-state index contributed by atoms with van der Waals surface area (Å²) in [6.45, 7) is 5.07. The molecule has 96 valence electrons. The molecule has 0 saturated carbocycles. The molecule has 0 bridgehead atoms. The third-order valence-corrected chi connectivity index (χ3v) is 3.97. The van der Waals surface area contributed by atoms with Crippen LogP contribution in [-0.2, 0) is 6.42 Å². The first-order chi connectivity index (χ1) is 8.77. The molecule has 5 heteroatoms. The van der Waals surface area contributed by atoms with Gasteiger partial charge in [-0.2, -0.15) is 0 Å². The average Bonchev–Trinajstić information content (AvgIpc) is 2.78. The van der Waals surface area contributed by atoms with E-state index in [1.54, 1.807) is 17.7 Å². The summed E-state index contributed by atoms with van der Waals surface area (Å²) in [5.74, 6) is 0.925. The van der Waals surface area contributed by atoms with E-state index in [2.05, 4.69) is 29.1 Å². The second-order valence-electron chi connectivity index (χ2n) is 3.93. The molecule has 1 N–H and O–H groups in total. The quantitative estimate of drug-likeness (QED) is 0.891. The molecule has 2 aromatic rings. The van der Waals surface area contributed by atoms with Crippen LogP contribution in [0.4, 0.5) is 5.82 Å². The van der Waals surface area contributed by atoms with Gasteiger partial charge in [-0.1, -0.05) is 24.9 Å². The van der Waals surface area contributed by atoms with Crippen molar-refractivity contribution >= 4 is 28.8 Å². The molecule has 2 aromatic heterocycles. The van der Waals surface area contributed by atoms with Crippen LogP contribution < -0.4 is 5.32 Å². The molecule has 0 aliphatic carbocycles. The van der Waals surface area contributed by atoms with Crippen LogP contribution in [0.2, 0.25) is 5.02 Å². The second kappa shape index (κ2) is 6.16. The van der Waals surface area contributed by atoms with Crippen molar-refractivity contribution in [3.63, 3.8) is 0 Å². The Morgan fingerprint density at radius 2 is 2.17 bits per heavy atom. The highest BCUT2D eigenvalue weighted by Crippen LogP contribution is 2.36. The lowest BCUT2D eigenvalue weighted by Gasteiger charge is -2.12. The minimum atomic E-state index is 0.763. The molecule has 18 heavy (non-hydrogen) atoms. The van der Waals surface area contributed by atoms with Crippen LogP contribution in [0.25, 0.3) is 10.6 Å². The van der Waals surface area contributed by atoms with Crippen LogP contribution in [0.15, 0.2) is 17.8 Å². The van der Waals surface area contributed by atoms with Gasteiger partial charge < -0.3 is 5.32 Å². The number of thiophene rings is 1. The van der Waals surface area contributed by atoms with Gasteiger partial charge in [0.25, 0.3) is 0 Å². The van der Waals surface area contributed by atoms with Gasteiger partial charge >= 0.3 is 0 Å². The second-order valence-corrected chi connectivity index (χ2v) is 5.25. The molecule has 0 radical (unpaired) electrons. The molecule has 3 nitrogen and oxygen atoms in total. The van der Waals surface area contributed by atoms with E-state index in [1.165, 1.54) is 0 Å². The number of hydrogen-bond donors (Lipinski definition) is 1. The fourth-order valence-electron chi connectivity index (χ4n) is 1.88. The van der Waals surface area contributed by atoms with Crippen molar-refractivity contribution in [2.45, 2.75) is 26.7 Å². The lowest BCUT2D eigenvalue weighted by atomic mass is 10.1. The first-order valence-electron chi connectivity index (χ1n) is 6.09. The monoisotopic (exact) mass is 281 g/mol. The van der Waals surface area contributed by atoms with E-state index in [-0.39, 0.29) is 0 Å². The minimum Gasteiger partial charge on any atom is -0.370 e. The van der Waals surface area contributed by atoms with Crippen molar-refractivity contribution in [3.05, 3.63) is 28.4 Å². The molecule has 0 spiro atoms. The standard InChI is InChI=1S/C13H16ClN3S/c1-3-5-9-11(12-10(14)6-7-18-12)16-8-17-13(9)15-4-2/h6-8H,3-5H2,1-2H3,(H,15,16,17). The van der Waals surface area contributed by atoms with Gasteiger partial charge in [0.2, 0.25) is 0 Å². The molecule has 2 heterocycles. The Kier molecular flexibility index (Phi) is 4.55. The number of rotatable bonds is 5. The predicted molar refractivity (Wildman–Crippen MR) is 78.5 cm³/mol. The maximum Gasteiger partial charge on any atom is 0.133 e. The van der Waals surface area contributed by atoms with Crippen LogP contribution in [0.1, 0.15) is 25.8 Å². The molecule has 0 aromatic carbocycles. The highest BCUT2D eigenvalue weighted by atomic mass is 35.5. The van der Waals surface area contributed by atoms with E-state index in [1.807, 2.05) is 11.4 Å². The van der Waals surface area contributed by atoms with Crippen molar-refractivity contribution in [3.8, 4) is 10.6 Å². The zero-order valence-corrected chi connectivity index (χ0v) is 12.1. The smallest absolute Gasteiger partial charge is 0.133 e. The van der Waals surface area contributed by atoms with E-state index in [4.69, 9.17) is 11.6 Å². The van der Waals surface area contributed by atoms with Gasteiger partial charge in [0.15, 0.2) is 0 Å². The molecule has 0 aliphatic heterocycles. The van der Waals surface area contributed by atoms with Crippen molar-refractivity contribution in [1.82, 2.24) is 9.97 Å². The Balaban J connectivity index is 2.52. The maximum absolute atomic E-state index is 6.21. The first-order valence-corrected chi connectivity index (χ1v) is 7.34. The topological polar surface area (TPSA) is 37.8 Å². The highest BCUT2D eigenvalue weighted by molar-refractivity contribution is 7.14. The Morgan fingerprint density at radius 1 is 1.33 bits per heavy atom. The van der Waals surface area contributed by atoms with Crippen molar-refractivity contribution in [2.75, 3.05) is 11.9 Å². The molecule has 0 unspecified atom stereocenters. The molecule has 0 atom stereocenters. The number of nitrogens with one attached hydrogen (secondary N) is 1. The summed E-state index contributed by atoms with van der Waals surface area (Å²) in [6.07, 6.45) is 3.61. The fraction of sp³-hybridized carbons (Fsp3) is 0.385. The van der Waals surface area contributed by atoms with Crippen molar-refractivity contribution in [2.24, 2.45) is 0 Å². The highest BCUT2D eigenvalue weighted by Gasteiger charge is 2.15. The van der Waals surface area contributed by atoms with Crippen LogP contribution in [-0.4, -0.2) is 16.5 Å². The van der Waals surface area contributed by atoms with Gasteiger partial charge in [0, 0.05) is 12.1 Å². The zero-order valence-electron chi connectivity index (χ0n) is 10.5. The summed E-state index contributed by atoms with van der Waals surface area (Å²) in [5, 5.41) is 6.04. The van der Waals surface area contributed by atoms with Gasteiger partial charge in [-0.25, -0.2) is 9.97 Å². The normalized spacial score (nSPS) is 10.6. The van der Waals surface area contributed by atoms with Crippen LogP contribution >= 0.6 is 22.9 Å². The number of halogens is 1. The Hall–Kier alpha value is -1.13. The van der Waals surface area contributed by atoms with E-state index >= 15 is 0 Å². The number of nitrogens with zero attached hydrogens (tertiary/aromatic N) is 2. The van der Waals surface area contributed by atoms with Crippen LogP contribution in [0.5, 0.6) is 0 Å². The number of anilines is 1. The largest absolute Gasteiger partial charge is 0.370 e. The van der Waals surface area contributed by atoms with E-state index < -0.39 is 0 Å². The van der Waals surface area contributed by atoms with Crippen LogP contribution in [0, 0.1) is 0 Å². The number of hydrogen-bond acceptors (Lipinski definition) is 4. The maximum atomic E-state index is 6.21. The molecule has 0 fully saturated rings. The van der Waals surface area contributed by atoms with E-state index in [0.717, 1.165) is 46.4 Å². The first kappa shape index (κ1) is 13.3. The van der Waals surface area contributed by atoms with E-state index in [9.17, 15) is 0 Å². The van der Waals surface area contributed by atoms with Crippen molar-refractivity contribution < 1.29 is 0 Å². The summed E-state index contributed by atoms with van der Waals surface area (Å²) >= 11 is 7.82. The molecular formula is C13H16ClN3S. The summed E-state index contributed by atoms with van der Waals surface area (Å²) in [6, 6.07) is 1.91. The molecular weight excluding hydrogens is 266 g/mol. The predicted octanol–water partition coefficient (Wildman–Crippen LogP) is 4.24. The van der Waals surface area contributed by atoms with E-state index in [0.29, 0.717) is 0 Å². The van der Waals surface area contributed by atoms with Gasteiger partial charge in [-0.05, 0) is 24.8 Å². The molecule has 0 aliphatic rings. The summed E-state index contributed by atoms with van der Waals surface area (Å²) < 4.78 is 0. The third kappa shape index (κ3) is 2.65. The Morgan fingerprint density at radius 3 is 2.78 bits per heavy atom. The van der Waals surface area contributed by atoms with Crippen molar-refractivity contribution in [1.29, 1.82) is 0 Å². The molecule has 0 amide bonds. The van der Waals surface area contributed by atoms with Gasteiger partial charge in [0.1, 0.15) is 12.1 Å². The Bertz CT molecular complexity index is 525. The van der Waals surface area contributed by atoms with Gasteiger partial charge in [0.05, 0.1) is 15.6 Å². The Labute approximate surface area is 116 Å².